The van der Waals surface area contributed by atoms with Crippen molar-refractivity contribution >= 4 is 11.6 Å². The monoisotopic (exact) mass is 274 g/mol. The van der Waals surface area contributed by atoms with Crippen molar-refractivity contribution in [2.24, 2.45) is 5.73 Å². The number of rotatable bonds is 4. The third-order valence-electron chi connectivity index (χ3n) is 3.12. The summed E-state index contributed by atoms with van der Waals surface area (Å²) < 4.78 is 0. The predicted molar refractivity (Wildman–Crippen MR) is 80.5 cm³/mol. The minimum Gasteiger partial charge on any atom is -0.327 e. The van der Waals surface area contributed by atoms with Gasteiger partial charge in [-0.15, -0.1) is 0 Å². The van der Waals surface area contributed by atoms with E-state index in [9.17, 15) is 0 Å². The van der Waals surface area contributed by atoms with E-state index >= 15 is 0 Å². The van der Waals surface area contributed by atoms with Crippen LogP contribution in [0.5, 0.6) is 0 Å². The number of nitrogens with two attached hydrogens (primary N) is 1. The molecule has 1 aromatic carbocycles. The molecule has 0 saturated carbocycles. The van der Waals surface area contributed by atoms with E-state index in [-0.39, 0.29) is 6.04 Å². The molecule has 2 rings (SSSR count). The number of hydrogen-bond donors (Lipinski definition) is 1. The molecule has 3 heteroatoms. The van der Waals surface area contributed by atoms with Crippen LogP contribution in [0, 0.1) is 13.8 Å². The molecule has 2 nitrogen and oxygen atoms in total. The summed E-state index contributed by atoms with van der Waals surface area (Å²) in [5, 5.41) is 0.693. The average molecular weight is 275 g/mol. The van der Waals surface area contributed by atoms with Gasteiger partial charge < -0.3 is 5.73 Å². The number of aryl methyl sites for hydroxylation is 2. The summed E-state index contributed by atoms with van der Waals surface area (Å²) in [4.78, 5) is 3.99. The van der Waals surface area contributed by atoms with Crippen LogP contribution in [0.15, 0.2) is 36.7 Å². The zero-order chi connectivity index (χ0) is 13.8. The van der Waals surface area contributed by atoms with Gasteiger partial charge in [0.25, 0.3) is 0 Å². The van der Waals surface area contributed by atoms with E-state index in [1.165, 1.54) is 16.7 Å². The Labute approximate surface area is 119 Å². The Morgan fingerprint density at radius 2 is 1.84 bits per heavy atom. The van der Waals surface area contributed by atoms with Crippen molar-refractivity contribution < 1.29 is 0 Å². The fraction of sp³-hybridized carbons (Fsp3) is 0.312. The minimum atomic E-state index is 0.0705. The Hall–Kier alpha value is -1.38. The molecule has 0 radical (unpaired) electrons. The van der Waals surface area contributed by atoms with Crippen LogP contribution in [0.1, 0.15) is 22.3 Å². The first-order chi connectivity index (χ1) is 9.04. The zero-order valence-electron chi connectivity index (χ0n) is 11.4. The summed E-state index contributed by atoms with van der Waals surface area (Å²) in [6, 6.07) is 8.57. The normalized spacial score (nSPS) is 12.4. The highest BCUT2D eigenvalue weighted by atomic mass is 35.5. The van der Waals surface area contributed by atoms with Crippen molar-refractivity contribution in [1.82, 2.24) is 4.98 Å². The summed E-state index contributed by atoms with van der Waals surface area (Å²) in [5.74, 6) is 0. The van der Waals surface area contributed by atoms with Gasteiger partial charge in [-0.25, -0.2) is 0 Å². The van der Waals surface area contributed by atoms with Gasteiger partial charge in [-0.1, -0.05) is 40.9 Å². The second-order valence-corrected chi connectivity index (χ2v) is 5.54. The predicted octanol–water partition coefficient (Wildman–Crippen LogP) is 3.46. The highest BCUT2D eigenvalue weighted by Gasteiger charge is 2.09. The molecule has 100 valence electrons. The lowest BCUT2D eigenvalue weighted by molar-refractivity contribution is 0.664. The lowest BCUT2D eigenvalue weighted by atomic mass is 9.98. The first kappa shape index (κ1) is 14.0. The molecule has 1 unspecified atom stereocenters. The molecule has 0 aliphatic rings. The summed E-state index contributed by atoms with van der Waals surface area (Å²) in [5.41, 5.74) is 11.1. The fourth-order valence-electron chi connectivity index (χ4n) is 2.41. The van der Waals surface area contributed by atoms with Gasteiger partial charge in [-0.2, -0.15) is 0 Å². The molecular weight excluding hydrogens is 256 g/mol. The number of pyridine rings is 1. The van der Waals surface area contributed by atoms with Gasteiger partial charge in [0.05, 0.1) is 5.02 Å². The Morgan fingerprint density at radius 1 is 1.16 bits per heavy atom. The van der Waals surface area contributed by atoms with Gasteiger partial charge >= 0.3 is 0 Å². The van der Waals surface area contributed by atoms with E-state index in [0.717, 1.165) is 18.4 Å². The van der Waals surface area contributed by atoms with E-state index < -0.39 is 0 Å². The second kappa shape index (κ2) is 6.18. The number of benzene rings is 1. The molecule has 0 aliphatic heterocycles. The molecule has 1 atom stereocenters. The molecule has 1 heterocycles. The largest absolute Gasteiger partial charge is 0.327 e. The van der Waals surface area contributed by atoms with Crippen molar-refractivity contribution in [1.29, 1.82) is 0 Å². The Balaban J connectivity index is 2.05. The lowest BCUT2D eigenvalue weighted by Gasteiger charge is -2.13. The van der Waals surface area contributed by atoms with Crippen molar-refractivity contribution in [3.8, 4) is 0 Å². The smallest absolute Gasteiger partial charge is 0.0621 e. The van der Waals surface area contributed by atoms with Crippen LogP contribution < -0.4 is 5.73 Å². The van der Waals surface area contributed by atoms with Crippen LogP contribution in [0.25, 0.3) is 0 Å². The van der Waals surface area contributed by atoms with Gasteiger partial charge in [0.15, 0.2) is 0 Å². The maximum atomic E-state index is 6.23. The first-order valence-corrected chi connectivity index (χ1v) is 6.83. The van der Waals surface area contributed by atoms with Gasteiger partial charge in [0, 0.05) is 18.4 Å². The van der Waals surface area contributed by atoms with Gasteiger partial charge in [0.2, 0.25) is 0 Å². The molecular formula is C16H19ClN2. The molecule has 1 aromatic heterocycles. The molecule has 2 aromatic rings. The highest BCUT2D eigenvalue weighted by molar-refractivity contribution is 6.31. The summed E-state index contributed by atoms with van der Waals surface area (Å²) in [6.45, 7) is 4.23. The zero-order valence-corrected chi connectivity index (χ0v) is 12.1. The van der Waals surface area contributed by atoms with E-state index in [4.69, 9.17) is 17.3 Å². The van der Waals surface area contributed by atoms with Gasteiger partial charge in [-0.05, 0) is 43.9 Å². The van der Waals surface area contributed by atoms with Crippen molar-refractivity contribution in [3.63, 3.8) is 0 Å². The second-order valence-electron chi connectivity index (χ2n) is 5.13. The number of aromatic nitrogens is 1. The van der Waals surface area contributed by atoms with Crippen LogP contribution in [0.4, 0.5) is 0 Å². The van der Waals surface area contributed by atoms with E-state index in [0.29, 0.717) is 5.02 Å². The first-order valence-electron chi connectivity index (χ1n) is 6.46. The summed E-state index contributed by atoms with van der Waals surface area (Å²) >= 11 is 6.10. The maximum absolute atomic E-state index is 6.23. The maximum Gasteiger partial charge on any atom is 0.0621 e. The highest BCUT2D eigenvalue weighted by Crippen LogP contribution is 2.17. The quantitative estimate of drug-likeness (QED) is 0.927. The van der Waals surface area contributed by atoms with Crippen LogP contribution >= 0.6 is 11.6 Å². The van der Waals surface area contributed by atoms with Crippen LogP contribution in [-0.4, -0.2) is 11.0 Å². The minimum absolute atomic E-state index is 0.0705. The molecule has 19 heavy (non-hydrogen) atoms. The standard InChI is InChI=1S/C16H19ClN2/c1-11-5-12(2)7-13(6-11)8-15(18)9-14-3-4-19-10-16(14)17/h3-7,10,15H,8-9,18H2,1-2H3. The Bertz CT molecular complexity index is 546. The van der Waals surface area contributed by atoms with Crippen molar-refractivity contribution in [2.45, 2.75) is 32.7 Å². The Kier molecular flexibility index (Phi) is 4.56. The number of halogens is 1. The van der Waals surface area contributed by atoms with Crippen molar-refractivity contribution in [2.75, 3.05) is 0 Å². The third-order valence-corrected chi connectivity index (χ3v) is 3.46. The Morgan fingerprint density at radius 3 is 2.47 bits per heavy atom. The fourth-order valence-corrected chi connectivity index (χ4v) is 2.61. The van der Waals surface area contributed by atoms with E-state index in [1.54, 1.807) is 12.4 Å². The summed E-state index contributed by atoms with van der Waals surface area (Å²) in [7, 11) is 0. The number of nitrogens with zero attached hydrogens (tertiary/aromatic N) is 1. The summed E-state index contributed by atoms with van der Waals surface area (Å²) in [6.07, 6.45) is 5.06. The van der Waals surface area contributed by atoms with E-state index in [1.807, 2.05) is 6.07 Å². The molecule has 0 amide bonds. The van der Waals surface area contributed by atoms with Crippen LogP contribution in [-0.2, 0) is 12.8 Å². The van der Waals surface area contributed by atoms with E-state index in [2.05, 4.69) is 37.0 Å². The molecule has 0 spiro atoms. The molecule has 2 N–H and O–H groups in total. The third kappa shape index (κ3) is 4.05. The SMILES string of the molecule is Cc1cc(C)cc(CC(N)Cc2ccncc2Cl)c1. The lowest BCUT2D eigenvalue weighted by Crippen LogP contribution is -2.25. The molecule has 0 bridgehead atoms. The van der Waals surface area contributed by atoms with Crippen LogP contribution in [0.3, 0.4) is 0 Å². The van der Waals surface area contributed by atoms with Crippen LogP contribution in [0.2, 0.25) is 5.02 Å². The average Bonchev–Trinajstić information content (AvgIpc) is 2.30. The molecule has 0 fully saturated rings. The topological polar surface area (TPSA) is 38.9 Å². The van der Waals surface area contributed by atoms with Gasteiger partial charge in [0.1, 0.15) is 0 Å². The van der Waals surface area contributed by atoms with Crippen molar-refractivity contribution in [3.05, 3.63) is 63.9 Å². The number of hydrogen-bond acceptors (Lipinski definition) is 2. The molecule has 0 aliphatic carbocycles. The van der Waals surface area contributed by atoms with Gasteiger partial charge in [-0.3, -0.25) is 4.98 Å². The molecule has 0 saturated heterocycles.